The Kier molecular flexibility index (Phi) is 6.00. The maximum Gasteiger partial charge on any atom is 0.0625 e. The molecule has 0 spiro atoms. The summed E-state index contributed by atoms with van der Waals surface area (Å²) in [6.07, 6.45) is 2.03. The molecule has 0 aliphatic carbocycles. The fourth-order valence-electron chi connectivity index (χ4n) is 1.84. The van der Waals surface area contributed by atoms with Gasteiger partial charge in [-0.1, -0.05) is 6.92 Å². The fourth-order valence-corrected chi connectivity index (χ4v) is 1.94. The predicted octanol–water partition coefficient (Wildman–Crippen LogP) is 2.91. The van der Waals surface area contributed by atoms with Crippen molar-refractivity contribution in [1.82, 2.24) is 14.7 Å². The fraction of sp³-hybridized carbons (Fsp3) is 0.769. The van der Waals surface area contributed by atoms with Gasteiger partial charge in [-0.2, -0.15) is 5.10 Å². The molecule has 4 heteroatoms. The molecule has 98 valence electrons. The highest BCUT2D eigenvalue weighted by molar-refractivity contribution is 6.20. The summed E-state index contributed by atoms with van der Waals surface area (Å²) in [5.41, 5.74) is 2.48. The summed E-state index contributed by atoms with van der Waals surface area (Å²) in [6, 6.07) is 2.21. The van der Waals surface area contributed by atoms with E-state index in [1.54, 1.807) is 0 Å². The molecule has 0 N–H and O–H groups in total. The molecular formula is C13H24ClN3. The van der Waals surface area contributed by atoms with Gasteiger partial charge < -0.3 is 4.90 Å². The van der Waals surface area contributed by atoms with Gasteiger partial charge in [0.2, 0.25) is 0 Å². The third-order valence-corrected chi connectivity index (χ3v) is 3.13. The first-order valence-electron chi connectivity index (χ1n) is 6.45. The molecule has 0 aliphatic rings. The molecule has 17 heavy (non-hydrogen) atoms. The molecule has 1 aromatic rings. The zero-order valence-corrected chi connectivity index (χ0v) is 12.2. The van der Waals surface area contributed by atoms with Crippen LogP contribution >= 0.6 is 11.6 Å². The highest BCUT2D eigenvalue weighted by Crippen LogP contribution is 2.09. The van der Waals surface area contributed by atoms with Crippen LogP contribution in [0.25, 0.3) is 0 Å². The zero-order valence-electron chi connectivity index (χ0n) is 11.4. The Hall–Kier alpha value is -0.540. The standard InChI is InChI=1S/C13H24ClN3/c1-5-12-9-13(17(6-2)15-12)10-16(4)8-7-11(3)14/h9,11H,5-8,10H2,1-4H3. The van der Waals surface area contributed by atoms with E-state index in [0.29, 0.717) is 0 Å². The van der Waals surface area contributed by atoms with Gasteiger partial charge in [0, 0.05) is 18.5 Å². The number of nitrogens with zero attached hydrogens (tertiary/aromatic N) is 3. The molecule has 0 radical (unpaired) electrons. The van der Waals surface area contributed by atoms with Gasteiger partial charge in [0.15, 0.2) is 0 Å². The lowest BCUT2D eigenvalue weighted by molar-refractivity contribution is 0.310. The molecule has 0 aliphatic heterocycles. The number of alkyl halides is 1. The van der Waals surface area contributed by atoms with Crippen molar-refractivity contribution in [2.24, 2.45) is 0 Å². The van der Waals surface area contributed by atoms with E-state index < -0.39 is 0 Å². The summed E-state index contributed by atoms with van der Waals surface area (Å²) in [6.45, 7) is 9.24. The van der Waals surface area contributed by atoms with Crippen molar-refractivity contribution in [3.63, 3.8) is 0 Å². The maximum atomic E-state index is 5.97. The number of hydrogen-bond donors (Lipinski definition) is 0. The molecule has 0 aromatic carbocycles. The van der Waals surface area contributed by atoms with Crippen LogP contribution in [-0.4, -0.2) is 33.6 Å². The Morgan fingerprint density at radius 3 is 2.71 bits per heavy atom. The van der Waals surface area contributed by atoms with Crippen molar-refractivity contribution in [3.8, 4) is 0 Å². The third-order valence-electron chi connectivity index (χ3n) is 2.92. The average molecular weight is 258 g/mol. The van der Waals surface area contributed by atoms with E-state index in [-0.39, 0.29) is 5.38 Å². The second-order valence-electron chi connectivity index (χ2n) is 4.60. The Bertz CT molecular complexity index is 333. The highest BCUT2D eigenvalue weighted by Gasteiger charge is 2.09. The largest absolute Gasteiger partial charge is 0.301 e. The Morgan fingerprint density at radius 1 is 1.47 bits per heavy atom. The van der Waals surface area contributed by atoms with Gasteiger partial charge in [-0.15, -0.1) is 11.6 Å². The van der Waals surface area contributed by atoms with E-state index in [1.165, 1.54) is 11.4 Å². The minimum atomic E-state index is 0.250. The van der Waals surface area contributed by atoms with Crippen molar-refractivity contribution in [3.05, 3.63) is 17.5 Å². The van der Waals surface area contributed by atoms with Gasteiger partial charge in [0.25, 0.3) is 0 Å². The number of halogens is 1. The van der Waals surface area contributed by atoms with Crippen LogP contribution in [0.5, 0.6) is 0 Å². The highest BCUT2D eigenvalue weighted by atomic mass is 35.5. The summed E-state index contributed by atoms with van der Waals surface area (Å²) in [5.74, 6) is 0. The van der Waals surface area contributed by atoms with E-state index in [4.69, 9.17) is 11.6 Å². The van der Waals surface area contributed by atoms with E-state index >= 15 is 0 Å². The first-order chi connectivity index (χ1) is 8.06. The molecule has 1 heterocycles. The Labute approximate surface area is 110 Å². The lowest BCUT2D eigenvalue weighted by atomic mass is 10.2. The van der Waals surface area contributed by atoms with Gasteiger partial charge in [-0.05, 0) is 46.3 Å². The normalized spacial score (nSPS) is 13.3. The molecule has 0 bridgehead atoms. The van der Waals surface area contributed by atoms with Crippen molar-refractivity contribution in [2.75, 3.05) is 13.6 Å². The summed E-state index contributed by atoms with van der Waals surface area (Å²) in [4.78, 5) is 2.31. The smallest absolute Gasteiger partial charge is 0.0625 e. The van der Waals surface area contributed by atoms with E-state index in [2.05, 4.69) is 41.6 Å². The van der Waals surface area contributed by atoms with E-state index in [1.807, 2.05) is 6.92 Å². The summed E-state index contributed by atoms with van der Waals surface area (Å²) < 4.78 is 2.10. The molecule has 1 unspecified atom stereocenters. The first-order valence-corrected chi connectivity index (χ1v) is 6.88. The van der Waals surface area contributed by atoms with E-state index in [9.17, 15) is 0 Å². The summed E-state index contributed by atoms with van der Waals surface area (Å²) in [5, 5.41) is 4.81. The second-order valence-corrected chi connectivity index (χ2v) is 5.35. The zero-order chi connectivity index (χ0) is 12.8. The molecule has 0 saturated carbocycles. The molecule has 0 amide bonds. The molecule has 0 saturated heterocycles. The van der Waals surface area contributed by atoms with Crippen LogP contribution in [0.15, 0.2) is 6.07 Å². The minimum Gasteiger partial charge on any atom is -0.301 e. The van der Waals surface area contributed by atoms with Crippen LogP contribution in [-0.2, 0) is 19.5 Å². The Balaban J connectivity index is 2.57. The third kappa shape index (κ3) is 4.68. The predicted molar refractivity (Wildman–Crippen MR) is 73.5 cm³/mol. The lowest BCUT2D eigenvalue weighted by Crippen LogP contribution is -2.22. The second kappa shape index (κ2) is 7.02. The molecule has 1 aromatic heterocycles. The number of aromatic nitrogens is 2. The van der Waals surface area contributed by atoms with Crippen molar-refractivity contribution in [2.45, 2.75) is 52.1 Å². The van der Waals surface area contributed by atoms with Crippen LogP contribution in [0.2, 0.25) is 0 Å². The number of aryl methyl sites for hydroxylation is 2. The maximum absolute atomic E-state index is 5.97. The van der Waals surface area contributed by atoms with Gasteiger partial charge >= 0.3 is 0 Å². The number of hydrogen-bond acceptors (Lipinski definition) is 2. The molecule has 1 atom stereocenters. The van der Waals surface area contributed by atoms with Crippen LogP contribution in [0, 0.1) is 0 Å². The quantitative estimate of drug-likeness (QED) is 0.701. The van der Waals surface area contributed by atoms with Gasteiger partial charge in [-0.3, -0.25) is 4.68 Å². The Morgan fingerprint density at radius 2 is 2.18 bits per heavy atom. The minimum absolute atomic E-state index is 0.250. The topological polar surface area (TPSA) is 21.1 Å². The lowest BCUT2D eigenvalue weighted by Gasteiger charge is -2.17. The number of rotatable bonds is 7. The summed E-state index contributed by atoms with van der Waals surface area (Å²) >= 11 is 5.97. The molecule has 0 fully saturated rings. The van der Waals surface area contributed by atoms with Crippen molar-refractivity contribution in [1.29, 1.82) is 0 Å². The molecule has 1 rings (SSSR count). The SMILES string of the molecule is CCc1cc(CN(C)CCC(C)Cl)n(CC)n1. The monoisotopic (exact) mass is 257 g/mol. The van der Waals surface area contributed by atoms with Gasteiger partial charge in [0.05, 0.1) is 11.4 Å². The van der Waals surface area contributed by atoms with Crippen molar-refractivity contribution >= 4 is 11.6 Å². The van der Waals surface area contributed by atoms with Crippen LogP contribution in [0.4, 0.5) is 0 Å². The van der Waals surface area contributed by atoms with E-state index in [0.717, 1.165) is 32.5 Å². The summed E-state index contributed by atoms with van der Waals surface area (Å²) in [7, 11) is 2.14. The van der Waals surface area contributed by atoms with Gasteiger partial charge in [-0.25, -0.2) is 0 Å². The van der Waals surface area contributed by atoms with Crippen molar-refractivity contribution < 1.29 is 0 Å². The molecular weight excluding hydrogens is 234 g/mol. The van der Waals surface area contributed by atoms with Crippen LogP contribution in [0.1, 0.15) is 38.6 Å². The average Bonchev–Trinajstić information content (AvgIpc) is 2.68. The first kappa shape index (κ1) is 14.5. The van der Waals surface area contributed by atoms with Gasteiger partial charge in [0.1, 0.15) is 0 Å². The molecule has 3 nitrogen and oxygen atoms in total. The van der Waals surface area contributed by atoms with Crippen LogP contribution < -0.4 is 0 Å². The van der Waals surface area contributed by atoms with Crippen LogP contribution in [0.3, 0.4) is 0 Å².